The Morgan fingerprint density at radius 1 is 1.23 bits per heavy atom. The Labute approximate surface area is 141 Å². The largest absolute Gasteiger partial charge is 0.316 e. The average molecular weight is 370 g/mol. The first-order chi connectivity index (χ1) is 10.5. The van der Waals surface area contributed by atoms with Gasteiger partial charge in [0.25, 0.3) is 0 Å². The highest BCUT2D eigenvalue weighted by Crippen LogP contribution is 2.26. The van der Waals surface area contributed by atoms with Gasteiger partial charge in [0.1, 0.15) is 5.82 Å². The standard InChI is InChI=1S/C17H25BrFN3/c1-17(4-5-20-12-17)13-22-8-6-21(7-9-22)11-14-2-3-15(18)16(19)10-14/h2-3,10,20H,4-9,11-13H2,1H3. The van der Waals surface area contributed by atoms with Crippen LogP contribution in [-0.2, 0) is 6.54 Å². The summed E-state index contributed by atoms with van der Waals surface area (Å²) in [5.41, 5.74) is 1.50. The highest BCUT2D eigenvalue weighted by atomic mass is 79.9. The van der Waals surface area contributed by atoms with E-state index in [0.717, 1.165) is 51.4 Å². The molecule has 0 aliphatic carbocycles. The second-order valence-corrected chi connectivity index (χ2v) is 7.89. The molecule has 1 aromatic rings. The van der Waals surface area contributed by atoms with Crippen LogP contribution in [0, 0.1) is 11.2 Å². The summed E-state index contributed by atoms with van der Waals surface area (Å²) in [7, 11) is 0. The van der Waals surface area contributed by atoms with E-state index in [0.29, 0.717) is 9.89 Å². The van der Waals surface area contributed by atoms with Crippen molar-refractivity contribution in [3.63, 3.8) is 0 Å². The van der Waals surface area contributed by atoms with Crippen LogP contribution in [0.15, 0.2) is 22.7 Å². The molecular weight excluding hydrogens is 345 g/mol. The number of nitrogens with zero attached hydrogens (tertiary/aromatic N) is 2. The van der Waals surface area contributed by atoms with Crippen LogP contribution in [0.3, 0.4) is 0 Å². The van der Waals surface area contributed by atoms with Gasteiger partial charge < -0.3 is 10.2 Å². The molecule has 2 saturated heterocycles. The highest BCUT2D eigenvalue weighted by Gasteiger charge is 2.31. The van der Waals surface area contributed by atoms with Crippen molar-refractivity contribution in [1.29, 1.82) is 0 Å². The Hall–Kier alpha value is -0.490. The lowest BCUT2D eigenvalue weighted by atomic mass is 9.89. The molecule has 3 nitrogen and oxygen atoms in total. The molecule has 2 aliphatic rings. The lowest BCUT2D eigenvalue weighted by Crippen LogP contribution is -2.49. The number of rotatable bonds is 4. The fraction of sp³-hybridized carbons (Fsp3) is 0.647. The third-order valence-electron chi connectivity index (χ3n) is 4.92. The van der Waals surface area contributed by atoms with Crippen molar-refractivity contribution in [2.45, 2.75) is 19.9 Å². The number of hydrogen-bond donors (Lipinski definition) is 1. The van der Waals surface area contributed by atoms with Gasteiger partial charge in [-0.3, -0.25) is 4.90 Å². The minimum absolute atomic E-state index is 0.169. The number of benzene rings is 1. The van der Waals surface area contributed by atoms with E-state index in [-0.39, 0.29) is 5.82 Å². The molecule has 1 unspecified atom stereocenters. The van der Waals surface area contributed by atoms with Crippen molar-refractivity contribution in [3.05, 3.63) is 34.1 Å². The summed E-state index contributed by atoms with van der Waals surface area (Å²) < 4.78 is 14.1. The van der Waals surface area contributed by atoms with E-state index < -0.39 is 0 Å². The highest BCUT2D eigenvalue weighted by molar-refractivity contribution is 9.10. The quantitative estimate of drug-likeness (QED) is 0.879. The molecule has 3 rings (SSSR count). The van der Waals surface area contributed by atoms with E-state index in [4.69, 9.17) is 0 Å². The zero-order valence-corrected chi connectivity index (χ0v) is 14.8. The predicted octanol–water partition coefficient (Wildman–Crippen LogP) is 2.71. The molecular formula is C17H25BrFN3. The number of hydrogen-bond acceptors (Lipinski definition) is 3. The molecule has 1 atom stereocenters. The number of halogens is 2. The summed E-state index contributed by atoms with van der Waals surface area (Å²) >= 11 is 3.21. The van der Waals surface area contributed by atoms with Crippen molar-refractivity contribution in [2.24, 2.45) is 5.41 Å². The summed E-state index contributed by atoms with van der Waals surface area (Å²) in [4.78, 5) is 5.01. The molecule has 2 aliphatic heterocycles. The van der Waals surface area contributed by atoms with E-state index >= 15 is 0 Å². The average Bonchev–Trinajstić information content (AvgIpc) is 2.91. The molecule has 1 aromatic carbocycles. The zero-order valence-electron chi connectivity index (χ0n) is 13.2. The van der Waals surface area contributed by atoms with Gasteiger partial charge in [-0.05, 0) is 52.0 Å². The molecule has 5 heteroatoms. The maximum atomic E-state index is 13.6. The third kappa shape index (κ3) is 4.07. The lowest BCUT2D eigenvalue weighted by Gasteiger charge is -2.38. The zero-order chi connectivity index (χ0) is 15.6. The van der Waals surface area contributed by atoms with E-state index in [1.54, 1.807) is 12.1 Å². The smallest absolute Gasteiger partial charge is 0.137 e. The van der Waals surface area contributed by atoms with Crippen LogP contribution in [0.5, 0.6) is 0 Å². The normalized spacial score (nSPS) is 27.4. The van der Waals surface area contributed by atoms with E-state index in [2.05, 4.69) is 38.0 Å². The van der Waals surface area contributed by atoms with Crippen molar-refractivity contribution in [2.75, 3.05) is 45.8 Å². The third-order valence-corrected chi connectivity index (χ3v) is 5.56. The van der Waals surface area contributed by atoms with Gasteiger partial charge in [0.2, 0.25) is 0 Å². The molecule has 2 fully saturated rings. The second kappa shape index (κ2) is 6.95. The van der Waals surface area contributed by atoms with Crippen LogP contribution >= 0.6 is 15.9 Å². The molecule has 0 bridgehead atoms. The van der Waals surface area contributed by atoms with Gasteiger partial charge >= 0.3 is 0 Å². The van der Waals surface area contributed by atoms with E-state index in [1.165, 1.54) is 13.0 Å². The Kier molecular flexibility index (Phi) is 5.17. The minimum Gasteiger partial charge on any atom is -0.316 e. The van der Waals surface area contributed by atoms with Gasteiger partial charge in [-0.2, -0.15) is 0 Å². The van der Waals surface area contributed by atoms with E-state index in [1.807, 2.05) is 6.07 Å². The maximum Gasteiger partial charge on any atom is 0.137 e. The number of nitrogens with one attached hydrogen (secondary N) is 1. The van der Waals surface area contributed by atoms with Crippen LogP contribution in [0.25, 0.3) is 0 Å². The van der Waals surface area contributed by atoms with Crippen LogP contribution in [0.4, 0.5) is 4.39 Å². The van der Waals surface area contributed by atoms with E-state index in [9.17, 15) is 4.39 Å². The van der Waals surface area contributed by atoms with Crippen LogP contribution in [0.2, 0.25) is 0 Å². The SMILES string of the molecule is CC1(CN2CCN(Cc3ccc(Br)c(F)c3)CC2)CCNC1. The lowest BCUT2D eigenvalue weighted by molar-refractivity contribution is 0.0932. The molecule has 0 spiro atoms. The van der Waals surface area contributed by atoms with Crippen LogP contribution in [0.1, 0.15) is 18.9 Å². The Morgan fingerprint density at radius 3 is 2.59 bits per heavy atom. The summed E-state index contributed by atoms with van der Waals surface area (Å²) in [6, 6.07) is 5.45. The summed E-state index contributed by atoms with van der Waals surface area (Å²) in [6.45, 7) is 11.1. The first-order valence-corrected chi connectivity index (χ1v) is 8.93. The topological polar surface area (TPSA) is 18.5 Å². The number of piperazine rings is 1. The van der Waals surface area contributed by atoms with Gasteiger partial charge in [0.05, 0.1) is 4.47 Å². The fourth-order valence-electron chi connectivity index (χ4n) is 3.55. The molecule has 22 heavy (non-hydrogen) atoms. The second-order valence-electron chi connectivity index (χ2n) is 7.04. The molecule has 0 radical (unpaired) electrons. The summed E-state index contributed by atoms with van der Waals surface area (Å²) in [5.74, 6) is -0.169. The molecule has 2 heterocycles. The Bertz CT molecular complexity index is 509. The van der Waals surface area contributed by atoms with Gasteiger partial charge in [-0.1, -0.05) is 13.0 Å². The predicted molar refractivity (Wildman–Crippen MR) is 91.4 cm³/mol. The van der Waals surface area contributed by atoms with Crippen LogP contribution < -0.4 is 5.32 Å². The molecule has 0 saturated carbocycles. The summed E-state index contributed by atoms with van der Waals surface area (Å²) in [6.07, 6.45) is 1.28. The van der Waals surface area contributed by atoms with Gasteiger partial charge in [0.15, 0.2) is 0 Å². The van der Waals surface area contributed by atoms with Gasteiger partial charge in [-0.15, -0.1) is 0 Å². The van der Waals surface area contributed by atoms with Gasteiger partial charge in [0, 0.05) is 45.8 Å². The first kappa shape index (κ1) is 16.4. The Balaban J connectivity index is 1.48. The molecule has 122 valence electrons. The van der Waals surface area contributed by atoms with Gasteiger partial charge in [-0.25, -0.2) is 4.39 Å². The summed E-state index contributed by atoms with van der Waals surface area (Å²) in [5, 5.41) is 3.48. The monoisotopic (exact) mass is 369 g/mol. The van der Waals surface area contributed by atoms with Crippen molar-refractivity contribution in [3.8, 4) is 0 Å². The maximum absolute atomic E-state index is 13.6. The fourth-order valence-corrected chi connectivity index (χ4v) is 3.79. The molecule has 0 aromatic heterocycles. The first-order valence-electron chi connectivity index (χ1n) is 8.13. The van der Waals surface area contributed by atoms with Crippen molar-refractivity contribution in [1.82, 2.24) is 15.1 Å². The van der Waals surface area contributed by atoms with Crippen LogP contribution in [-0.4, -0.2) is 55.6 Å². The molecule has 1 N–H and O–H groups in total. The van der Waals surface area contributed by atoms with Crippen molar-refractivity contribution < 1.29 is 4.39 Å². The molecule has 0 amide bonds. The minimum atomic E-state index is -0.169. The van der Waals surface area contributed by atoms with Crippen molar-refractivity contribution >= 4 is 15.9 Å². The Morgan fingerprint density at radius 2 is 1.95 bits per heavy atom.